The Morgan fingerprint density at radius 2 is 1.95 bits per heavy atom. The monoisotopic (exact) mass is 313 g/mol. The zero-order valence-electron chi connectivity index (χ0n) is 12.5. The van der Waals surface area contributed by atoms with Gasteiger partial charge < -0.3 is 10.1 Å². The highest BCUT2D eigenvalue weighted by molar-refractivity contribution is 7.13. The molecule has 0 bridgehead atoms. The maximum Gasteiger partial charge on any atom is 0.350 e. The minimum Gasteiger partial charge on any atom is -0.451 e. The fourth-order valence-corrected chi connectivity index (χ4v) is 2.23. The van der Waals surface area contributed by atoms with E-state index in [1.165, 1.54) is 11.3 Å². The number of hydrogen-bond donors (Lipinski definition) is 2. The highest BCUT2D eigenvalue weighted by atomic mass is 32.1. The van der Waals surface area contributed by atoms with E-state index in [1.807, 2.05) is 13.8 Å². The van der Waals surface area contributed by atoms with Crippen molar-refractivity contribution < 1.29 is 19.1 Å². The Balaban J connectivity index is 2.37. The third-order valence-electron chi connectivity index (χ3n) is 2.35. The first-order valence-corrected chi connectivity index (χ1v) is 7.30. The summed E-state index contributed by atoms with van der Waals surface area (Å²) >= 11 is 1.20. The minimum atomic E-state index is -0.677. The van der Waals surface area contributed by atoms with Crippen LogP contribution >= 0.6 is 11.3 Å². The van der Waals surface area contributed by atoms with E-state index in [0.717, 1.165) is 5.01 Å². The second-order valence-corrected chi connectivity index (χ2v) is 6.08. The summed E-state index contributed by atoms with van der Waals surface area (Å²) in [7, 11) is 0. The van der Waals surface area contributed by atoms with Crippen molar-refractivity contribution >= 4 is 29.2 Å². The smallest absolute Gasteiger partial charge is 0.350 e. The summed E-state index contributed by atoms with van der Waals surface area (Å²) in [6.07, 6.45) is 0. The molecule has 1 aromatic rings. The van der Waals surface area contributed by atoms with E-state index in [1.54, 1.807) is 13.8 Å². The van der Waals surface area contributed by atoms with Gasteiger partial charge in [0.05, 0.1) is 10.7 Å². The van der Waals surface area contributed by atoms with Crippen LogP contribution < -0.4 is 10.6 Å². The average Bonchev–Trinajstić information content (AvgIpc) is 2.72. The number of ether oxygens (including phenoxy) is 1. The molecule has 0 spiro atoms. The van der Waals surface area contributed by atoms with E-state index in [4.69, 9.17) is 4.74 Å². The summed E-state index contributed by atoms with van der Waals surface area (Å²) in [5.41, 5.74) is 0.567. The topological polar surface area (TPSA) is 97.4 Å². The van der Waals surface area contributed by atoms with Gasteiger partial charge in [-0.2, -0.15) is 0 Å². The molecule has 0 aromatic carbocycles. The number of imide groups is 1. The van der Waals surface area contributed by atoms with Crippen molar-refractivity contribution in [2.45, 2.75) is 27.7 Å². The number of nitrogens with zero attached hydrogens (tertiary/aromatic N) is 1. The lowest BCUT2D eigenvalue weighted by Crippen LogP contribution is -2.42. The molecular formula is C13H19N3O4S. The maximum absolute atomic E-state index is 11.8. The highest BCUT2D eigenvalue weighted by Gasteiger charge is 2.17. The van der Waals surface area contributed by atoms with E-state index in [-0.39, 0.29) is 5.92 Å². The second-order valence-electron chi connectivity index (χ2n) is 4.88. The zero-order valence-corrected chi connectivity index (χ0v) is 13.3. The molecule has 7 nitrogen and oxygen atoms in total. The second kappa shape index (κ2) is 7.72. The van der Waals surface area contributed by atoms with Gasteiger partial charge in [0.15, 0.2) is 6.61 Å². The van der Waals surface area contributed by atoms with Crippen LogP contribution in [0.4, 0.5) is 4.79 Å². The van der Waals surface area contributed by atoms with Crippen LogP contribution in [0, 0.1) is 19.8 Å². The molecule has 1 aromatic heterocycles. The normalized spacial score (nSPS) is 10.3. The van der Waals surface area contributed by atoms with E-state index in [2.05, 4.69) is 15.6 Å². The zero-order chi connectivity index (χ0) is 16.0. The van der Waals surface area contributed by atoms with Crippen LogP contribution in [-0.2, 0) is 9.53 Å². The summed E-state index contributed by atoms with van der Waals surface area (Å²) in [4.78, 5) is 39.0. The van der Waals surface area contributed by atoms with E-state index in [9.17, 15) is 14.4 Å². The van der Waals surface area contributed by atoms with Gasteiger partial charge in [0, 0.05) is 6.54 Å². The van der Waals surface area contributed by atoms with Crippen LogP contribution in [-0.4, -0.2) is 36.0 Å². The molecule has 0 aliphatic carbocycles. The summed E-state index contributed by atoms with van der Waals surface area (Å²) in [5, 5.41) is 5.36. The summed E-state index contributed by atoms with van der Waals surface area (Å²) in [6, 6.07) is -0.602. The molecule has 1 heterocycles. The van der Waals surface area contributed by atoms with Gasteiger partial charge in [-0.1, -0.05) is 13.8 Å². The van der Waals surface area contributed by atoms with Crippen molar-refractivity contribution in [1.29, 1.82) is 0 Å². The molecule has 3 amide bonds. The van der Waals surface area contributed by atoms with Crippen molar-refractivity contribution in [3.63, 3.8) is 0 Å². The number of hydrogen-bond acceptors (Lipinski definition) is 6. The molecular weight excluding hydrogens is 294 g/mol. The Kier molecular flexibility index (Phi) is 6.29. The van der Waals surface area contributed by atoms with Gasteiger partial charge in [-0.05, 0) is 19.8 Å². The summed E-state index contributed by atoms with van der Waals surface area (Å²) in [5.74, 6) is -1.01. The predicted octanol–water partition coefficient (Wildman–Crippen LogP) is 1.40. The van der Waals surface area contributed by atoms with Crippen LogP contribution in [0.15, 0.2) is 0 Å². The number of aromatic nitrogens is 1. The van der Waals surface area contributed by atoms with Gasteiger partial charge in [-0.15, -0.1) is 11.3 Å². The molecule has 8 heteroatoms. The molecule has 0 saturated heterocycles. The van der Waals surface area contributed by atoms with Crippen LogP contribution in [0.3, 0.4) is 0 Å². The van der Waals surface area contributed by atoms with E-state index < -0.39 is 24.5 Å². The quantitative estimate of drug-likeness (QED) is 0.801. The van der Waals surface area contributed by atoms with E-state index in [0.29, 0.717) is 17.1 Å². The minimum absolute atomic E-state index is 0.279. The molecule has 0 atom stereocenters. The molecule has 0 unspecified atom stereocenters. The number of rotatable bonds is 5. The standard InChI is InChI=1S/C13H19N3O4S/c1-7(2)5-14-13(19)16-10(17)6-20-12(18)11-8(3)15-9(4)21-11/h7H,5-6H2,1-4H3,(H2,14,16,17,19). The lowest BCUT2D eigenvalue weighted by Gasteiger charge is -2.08. The molecule has 0 aliphatic rings. The molecule has 21 heavy (non-hydrogen) atoms. The van der Waals surface area contributed by atoms with E-state index >= 15 is 0 Å². The Hall–Kier alpha value is -1.96. The number of carbonyl (C=O) groups excluding carboxylic acids is 3. The molecule has 0 saturated carbocycles. The Morgan fingerprint density at radius 1 is 1.29 bits per heavy atom. The lowest BCUT2D eigenvalue weighted by molar-refractivity contribution is -0.123. The van der Waals surface area contributed by atoms with Gasteiger partial charge in [0.1, 0.15) is 4.88 Å². The van der Waals surface area contributed by atoms with Gasteiger partial charge in [0.2, 0.25) is 0 Å². The fraction of sp³-hybridized carbons (Fsp3) is 0.538. The Labute approximate surface area is 127 Å². The first kappa shape index (κ1) is 17.1. The summed E-state index contributed by atoms with van der Waals surface area (Å²) < 4.78 is 4.85. The maximum atomic E-state index is 11.8. The third kappa shape index (κ3) is 5.90. The van der Waals surface area contributed by atoms with Gasteiger partial charge in [0.25, 0.3) is 5.91 Å². The molecule has 0 aliphatic heterocycles. The van der Waals surface area contributed by atoms with Crippen molar-refractivity contribution in [2.24, 2.45) is 5.92 Å². The number of nitrogens with one attached hydrogen (secondary N) is 2. The summed E-state index contributed by atoms with van der Waals surface area (Å²) in [6.45, 7) is 7.29. The number of aryl methyl sites for hydroxylation is 2. The van der Waals surface area contributed by atoms with Crippen LogP contribution in [0.25, 0.3) is 0 Å². The van der Waals surface area contributed by atoms with Crippen LogP contribution in [0.5, 0.6) is 0 Å². The predicted molar refractivity (Wildman–Crippen MR) is 78.2 cm³/mol. The molecule has 0 fully saturated rings. The van der Waals surface area contributed by atoms with Crippen molar-refractivity contribution in [1.82, 2.24) is 15.6 Å². The highest BCUT2D eigenvalue weighted by Crippen LogP contribution is 2.17. The lowest BCUT2D eigenvalue weighted by atomic mass is 10.2. The van der Waals surface area contributed by atoms with Crippen molar-refractivity contribution in [3.05, 3.63) is 15.6 Å². The average molecular weight is 313 g/mol. The largest absolute Gasteiger partial charge is 0.451 e. The van der Waals surface area contributed by atoms with Crippen molar-refractivity contribution in [2.75, 3.05) is 13.2 Å². The molecule has 0 radical (unpaired) electrons. The number of urea groups is 1. The molecule has 116 valence electrons. The molecule has 2 N–H and O–H groups in total. The Bertz CT molecular complexity index is 540. The molecule has 1 rings (SSSR count). The number of carbonyl (C=O) groups is 3. The number of thiazole rings is 1. The SMILES string of the molecule is Cc1nc(C)c(C(=O)OCC(=O)NC(=O)NCC(C)C)s1. The van der Waals surface area contributed by atoms with Crippen LogP contribution in [0.2, 0.25) is 0 Å². The number of esters is 1. The van der Waals surface area contributed by atoms with Gasteiger partial charge in [-0.25, -0.2) is 14.6 Å². The first-order chi connectivity index (χ1) is 9.79. The van der Waals surface area contributed by atoms with Gasteiger partial charge in [-0.3, -0.25) is 10.1 Å². The van der Waals surface area contributed by atoms with Crippen LogP contribution in [0.1, 0.15) is 34.2 Å². The number of amides is 3. The fourth-order valence-electron chi connectivity index (χ4n) is 1.42. The van der Waals surface area contributed by atoms with Crippen molar-refractivity contribution in [3.8, 4) is 0 Å². The third-order valence-corrected chi connectivity index (χ3v) is 3.40. The van der Waals surface area contributed by atoms with Gasteiger partial charge >= 0.3 is 12.0 Å². The Morgan fingerprint density at radius 3 is 2.48 bits per heavy atom. The first-order valence-electron chi connectivity index (χ1n) is 6.48.